The Bertz CT molecular complexity index is 781. The molecule has 0 radical (unpaired) electrons. The van der Waals surface area contributed by atoms with Crippen molar-refractivity contribution in [3.05, 3.63) is 48.4 Å². The molecule has 23 heavy (non-hydrogen) atoms. The quantitative estimate of drug-likeness (QED) is 0.723. The highest BCUT2D eigenvalue weighted by Gasteiger charge is 2.22. The third kappa shape index (κ3) is 3.11. The van der Waals surface area contributed by atoms with Gasteiger partial charge in [-0.25, -0.2) is 9.97 Å². The third-order valence-corrected chi connectivity index (χ3v) is 4.19. The van der Waals surface area contributed by atoms with Gasteiger partial charge in [0.05, 0.1) is 24.9 Å². The zero-order valence-corrected chi connectivity index (χ0v) is 13.2. The number of rotatable bonds is 4. The fourth-order valence-electron chi connectivity index (χ4n) is 3.08. The smallest absolute Gasteiger partial charge is 0.139 e. The fourth-order valence-corrected chi connectivity index (χ4v) is 3.08. The predicted octanol–water partition coefficient (Wildman–Crippen LogP) is 1.14. The molecule has 3 aromatic heterocycles. The number of fused-ring (bicyclic) bond motifs is 1. The largest absolute Gasteiger partial charge is 0.374 e. The molecule has 1 atom stereocenters. The molecule has 3 aromatic rings. The van der Waals surface area contributed by atoms with E-state index in [1.165, 1.54) is 5.56 Å². The van der Waals surface area contributed by atoms with Crippen molar-refractivity contribution in [3.8, 4) is 0 Å². The first-order valence-corrected chi connectivity index (χ1v) is 7.87. The highest BCUT2D eigenvalue weighted by molar-refractivity contribution is 5.47. The number of pyridine rings is 1. The Morgan fingerprint density at radius 1 is 1.39 bits per heavy atom. The van der Waals surface area contributed by atoms with Gasteiger partial charge in [0.25, 0.3) is 0 Å². The molecular weight excluding hydrogens is 292 g/mol. The van der Waals surface area contributed by atoms with Crippen LogP contribution in [0.25, 0.3) is 5.65 Å². The van der Waals surface area contributed by atoms with Gasteiger partial charge in [0, 0.05) is 32.0 Å². The van der Waals surface area contributed by atoms with Gasteiger partial charge < -0.3 is 9.14 Å². The Balaban J connectivity index is 1.44. The summed E-state index contributed by atoms with van der Waals surface area (Å²) >= 11 is 0. The first-order valence-electron chi connectivity index (χ1n) is 7.87. The topological polar surface area (TPSA) is 60.5 Å². The molecule has 0 amide bonds. The standard InChI is InChI=1S/C16H20N6O/c1-13-3-2-4-21-8-14(19-16(13)21)7-20-5-6-23-15(9-20)10-22-12-17-11-18-22/h2-4,8,11-12,15H,5-7,9-10H2,1H3. The first-order chi connectivity index (χ1) is 11.3. The van der Waals surface area contributed by atoms with Crippen molar-refractivity contribution in [2.24, 2.45) is 0 Å². The van der Waals surface area contributed by atoms with Gasteiger partial charge in [0.15, 0.2) is 0 Å². The summed E-state index contributed by atoms with van der Waals surface area (Å²) in [5.41, 5.74) is 3.33. The molecule has 4 rings (SSSR count). The second-order valence-corrected chi connectivity index (χ2v) is 6.00. The minimum atomic E-state index is 0.143. The lowest BCUT2D eigenvalue weighted by Crippen LogP contribution is -2.43. The van der Waals surface area contributed by atoms with E-state index in [0.29, 0.717) is 0 Å². The summed E-state index contributed by atoms with van der Waals surface area (Å²) in [7, 11) is 0. The van der Waals surface area contributed by atoms with Crippen molar-refractivity contribution in [1.29, 1.82) is 0 Å². The predicted molar refractivity (Wildman–Crippen MR) is 85.0 cm³/mol. The van der Waals surface area contributed by atoms with E-state index in [4.69, 9.17) is 9.72 Å². The van der Waals surface area contributed by atoms with Gasteiger partial charge in [-0.1, -0.05) is 6.07 Å². The van der Waals surface area contributed by atoms with Gasteiger partial charge in [0.1, 0.15) is 18.3 Å². The molecule has 0 spiro atoms. The first kappa shape index (κ1) is 14.3. The zero-order valence-electron chi connectivity index (χ0n) is 13.2. The molecule has 1 aliphatic heterocycles. The lowest BCUT2D eigenvalue weighted by Gasteiger charge is -2.32. The molecule has 1 fully saturated rings. The van der Waals surface area contributed by atoms with E-state index in [1.54, 1.807) is 12.7 Å². The monoisotopic (exact) mass is 312 g/mol. The van der Waals surface area contributed by atoms with Crippen molar-refractivity contribution in [2.45, 2.75) is 26.1 Å². The zero-order chi connectivity index (χ0) is 15.6. The highest BCUT2D eigenvalue weighted by Crippen LogP contribution is 2.14. The minimum Gasteiger partial charge on any atom is -0.374 e. The molecule has 4 heterocycles. The number of aromatic nitrogens is 5. The minimum absolute atomic E-state index is 0.143. The van der Waals surface area contributed by atoms with Crippen LogP contribution in [0.1, 0.15) is 11.3 Å². The lowest BCUT2D eigenvalue weighted by molar-refractivity contribution is -0.0405. The lowest BCUT2D eigenvalue weighted by atomic mass is 10.2. The van der Waals surface area contributed by atoms with Crippen LogP contribution in [0.15, 0.2) is 37.2 Å². The van der Waals surface area contributed by atoms with Gasteiger partial charge in [0.2, 0.25) is 0 Å². The molecule has 0 N–H and O–H groups in total. The average molecular weight is 312 g/mol. The Morgan fingerprint density at radius 3 is 3.17 bits per heavy atom. The highest BCUT2D eigenvalue weighted by atomic mass is 16.5. The molecule has 1 aliphatic rings. The van der Waals surface area contributed by atoms with Crippen LogP contribution in [0.4, 0.5) is 0 Å². The molecule has 1 unspecified atom stereocenters. The number of morpholine rings is 1. The molecule has 0 aliphatic carbocycles. The van der Waals surface area contributed by atoms with Crippen LogP contribution in [0.2, 0.25) is 0 Å². The summed E-state index contributed by atoms with van der Waals surface area (Å²) in [5, 5.41) is 4.15. The molecule has 7 heteroatoms. The second kappa shape index (κ2) is 6.10. The number of hydrogen-bond acceptors (Lipinski definition) is 5. The van der Waals surface area contributed by atoms with E-state index in [-0.39, 0.29) is 6.10 Å². The Hall–Kier alpha value is -2.25. The van der Waals surface area contributed by atoms with Crippen molar-refractivity contribution >= 4 is 5.65 Å². The normalized spacial score (nSPS) is 19.4. The maximum Gasteiger partial charge on any atom is 0.139 e. The summed E-state index contributed by atoms with van der Waals surface area (Å²) in [6.07, 6.45) is 7.59. The summed E-state index contributed by atoms with van der Waals surface area (Å²) in [6.45, 7) is 6.23. The van der Waals surface area contributed by atoms with Gasteiger partial charge in [-0.3, -0.25) is 9.58 Å². The van der Waals surface area contributed by atoms with E-state index in [9.17, 15) is 0 Å². The molecule has 0 saturated carbocycles. The number of hydrogen-bond donors (Lipinski definition) is 0. The summed E-state index contributed by atoms with van der Waals surface area (Å²) in [4.78, 5) is 11.1. The van der Waals surface area contributed by atoms with Crippen molar-refractivity contribution in [1.82, 2.24) is 29.0 Å². The van der Waals surface area contributed by atoms with E-state index in [1.807, 2.05) is 10.9 Å². The van der Waals surface area contributed by atoms with Crippen LogP contribution >= 0.6 is 0 Å². The Kier molecular flexibility index (Phi) is 3.80. The second-order valence-electron chi connectivity index (χ2n) is 6.00. The van der Waals surface area contributed by atoms with Crippen molar-refractivity contribution < 1.29 is 4.74 Å². The van der Waals surface area contributed by atoms with E-state index < -0.39 is 0 Å². The fraction of sp³-hybridized carbons (Fsp3) is 0.438. The van der Waals surface area contributed by atoms with Crippen LogP contribution in [0, 0.1) is 6.92 Å². The van der Waals surface area contributed by atoms with Crippen LogP contribution in [-0.4, -0.2) is 54.8 Å². The van der Waals surface area contributed by atoms with Gasteiger partial charge in [-0.2, -0.15) is 5.10 Å². The van der Waals surface area contributed by atoms with Crippen molar-refractivity contribution in [3.63, 3.8) is 0 Å². The molecular formula is C16H20N6O. The van der Waals surface area contributed by atoms with E-state index in [0.717, 1.165) is 44.1 Å². The van der Waals surface area contributed by atoms with E-state index in [2.05, 4.69) is 44.6 Å². The third-order valence-electron chi connectivity index (χ3n) is 4.19. The summed E-state index contributed by atoms with van der Waals surface area (Å²) in [6, 6.07) is 4.14. The molecule has 0 bridgehead atoms. The van der Waals surface area contributed by atoms with Crippen LogP contribution < -0.4 is 0 Å². The van der Waals surface area contributed by atoms with Gasteiger partial charge >= 0.3 is 0 Å². The van der Waals surface area contributed by atoms with Crippen LogP contribution in [0.5, 0.6) is 0 Å². The Morgan fingerprint density at radius 2 is 2.35 bits per heavy atom. The average Bonchev–Trinajstić information content (AvgIpc) is 3.18. The number of aryl methyl sites for hydroxylation is 1. The molecule has 120 valence electrons. The van der Waals surface area contributed by atoms with Crippen LogP contribution in [-0.2, 0) is 17.8 Å². The van der Waals surface area contributed by atoms with E-state index >= 15 is 0 Å². The summed E-state index contributed by atoms with van der Waals surface area (Å²) in [5.74, 6) is 0. The van der Waals surface area contributed by atoms with Crippen LogP contribution in [0.3, 0.4) is 0 Å². The van der Waals surface area contributed by atoms with Gasteiger partial charge in [-0.05, 0) is 18.6 Å². The number of imidazole rings is 1. The molecule has 7 nitrogen and oxygen atoms in total. The SMILES string of the molecule is Cc1cccn2cc(CN3CCOC(Cn4cncn4)C3)nc12. The summed E-state index contributed by atoms with van der Waals surface area (Å²) < 4.78 is 9.76. The number of ether oxygens (including phenoxy) is 1. The maximum atomic E-state index is 5.84. The molecule has 1 saturated heterocycles. The Labute approximate surface area is 134 Å². The number of nitrogens with zero attached hydrogens (tertiary/aromatic N) is 6. The van der Waals surface area contributed by atoms with Crippen molar-refractivity contribution in [2.75, 3.05) is 19.7 Å². The molecule has 0 aromatic carbocycles. The maximum absolute atomic E-state index is 5.84. The van der Waals surface area contributed by atoms with Gasteiger partial charge in [-0.15, -0.1) is 0 Å².